The molecule has 1 saturated heterocycles. The number of imidazole rings is 1. The van der Waals surface area contributed by atoms with E-state index in [-0.39, 0.29) is 5.82 Å². The molecule has 0 amide bonds. The van der Waals surface area contributed by atoms with Gasteiger partial charge in [-0.2, -0.15) is 9.38 Å². The summed E-state index contributed by atoms with van der Waals surface area (Å²) in [5.41, 5.74) is 0.546. The molecule has 19 heavy (non-hydrogen) atoms. The number of nitrogens with zero attached hydrogens (tertiary/aromatic N) is 4. The summed E-state index contributed by atoms with van der Waals surface area (Å²) in [6.07, 6.45) is 2.73. The first-order chi connectivity index (χ1) is 9.16. The van der Waals surface area contributed by atoms with E-state index < -0.39 is 11.0 Å². The normalized spacial score (nSPS) is 19.8. The molecule has 0 bridgehead atoms. The predicted molar refractivity (Wildman–Crippen MR) is 69.3 cm³/mol. The Balaban J connectivity index is 2.11. The van der Waals surface area contributed by atoms with Gasteiger partial charge in [0.05, 0.1) is 12.3 Å². The highest BCUT2D eigenvalue weighted by molar-refractivity contribution is 5.63. The fourth-order valence-electron chi connectivity index (χ4n) is 2.50. The maximum Gasteiger partial charge on any atom is 0.372 e. The number of hydrogen-bond acceptors (Lipinski definition) is 5. The molecule has 7 nitrogen and oxygen atoms in total. The number of rotatable bonds is 2. The lowest BCUT2D eigenvalue weighted by atomic mass is 10.1. The molecule has 2 aromatic heterocycles. The Morgan fingerprint density at radius 1 is 1.47 bits per heavy atom. The van der Waals surface area contributed by atoms with Crippen LogP contribution in [0.15, 0.2) is 24.4 Å². The first kappa shape index (κ1) is 11.9. The molecule has 0 radical (unpaired) electrons. The van der Waals surface area contributed by atoms with E-state index in [0.29, 0.717) is 24.6 Å². The zero-order valence-electron chi connectivity index (χ0n) is 10.3. The number of aliphatic hydroxyl groups is 1. The second-order valence-electron chi connectivity index (χ2n) is 4.69. The maximum absolute atomic E-state index is 11.3. The van der Waals surface area contributed by atoms with Crippen molar-refractivity contribution in [2.45, 2.75) is 18.9 Å². The number of piperidine rings is 1. The van der Waals surface area contributed by atoms with Crippen LogP contribution < -0.4 is 4.90 Å². The van der Waals surface area contributed by atoms with Crippen molar-refractivity contribution in [1.29, 1.82) is 0 Å². The maximum atomic E-state index is 11.3. The Kier molecular flexibility index (Phi) is 2.83. The van der Waals surface area contributed by atoms with Crippen molar-refractivity contribution in [2.24, 2.45) is 0 Å². The van der Waals surface area contributed by atoms with Crippen molar-refractivity contribution < 1.29 is 10.0 Å². The zero-order chi connectivity index (χ0) is 13.4. The topological polar surface area (TPSA) is 83.9 Å². The van der Waals surface area contributed by atoms with Gasteiger partial charge in [0.1, 0.15) is 0 Å². The standard InChI is InChI=1S/C12H14N4O3/c17-9-4-3-6-14(8-9)11-12(16(18)19)15-7-2-1-5-10(15)13-11/h1-2,5,7,9,17H,3-4,6,8H2. The lowest BCUT2D eigenvalue weighted by Gasteiger charge is -2.29. The molecule has 1 atom stereocenters. The average molecular weight is 262 g/mol. The van der Waals surface area contributed by atoms with Crippen LogP contribution in [0, 0.1) is 10.1 Å². The van der Waals surface area contributed by atoms with E-state index in [1.165, 1.54) is 4.40 Å². The second kappa shape index (κ2) is 4.51. The van der Waals surface area contributed by atoms with Gasteiger partial charge >= 0.3 is 5.82 Å². The highest BCUT2D eigenvalue weighted by Crippen LogP contribution is 2.30. The van der Waals surface area contributed by atoms with Crippen molar-refractivity contribution in [3.05, 3.63) is 34.5 Å². The Bertz CT molecular complexity index is 624. The Morgan fingerprint density at radius 2 is 2.32 bits per heavy atom. The fraction of sp³-hybridized carbons (Fsp3) is 0.417. The van der Waals surface area contributed by atoms with Crippen molar-refractivity contribution in [3.8, 4) is 0 Å². The van der Waals surface area contributed by atoms with Crippen LogP contribution in [0.4, 0.5) is 11.6 Å². The van der Waals surface area contributed by atoms with E-state index in [4.69, 9.17) is 0 Å². The van der Waals surface area contributed by atoms with Crippen LogP contribution in [0.3, 0.4) is 0 Å². The van der Waals surface area contributed by atoms with E-state index >= 15 is 0 Å². The predicted octanol–water partition coefficient (Wildman–Crippen LogP) is 1.20. The molecule has 2 aromatic rings. The molecule has 7 heteroatoms. The summed E-state index contributed by atoms with van der Waals surface area (Å²) in [7, 11) is 0. The van der Waals surface area contributed by atoms with Crippen molar-refractivity contribution in [2.75, 3.05) is 18.0 Å². The second-order valence-corrected chi connectivity index (χ2v) is 4.69. The summed E-state index contributed by atoms with van der Waals surface area (Å²) < 4.78 is 1.47. The molecule has 0 spiro atoms. The van der Waals surface area contributed by atoms with Gasteiger partial charge in [0, 0.05) is 19.2 Å². The summed E-state index contributed by atoms with van der Waals surface area (Å²) in [6, 6.07) is 5.26. The number of aliphatic hydroxyl groups excluding tert-OH is 1. The van der Waals surface area contributed by atoms with E-state index in [2.05, 4.69) is 4.98 Å². The van der Waals surface area contributed by atoms with Crippen LogP contribution in [0.2, 0.25) is 0 Å². The minimum Gasteiger partial charge on any atom is -0.391 e. The molecule has 3 rings (SSSR count). The van der Waals surface area contributed by atoms with Gasteiger partial charge in [-0.3, -0.25) is 0 Å². The highest BCUT2D eigenvalue weighted by Gasteiger charge is 2.29. The van der Waals surface area contributed by atoms with Crippen molar-refractivity contribution in [1.82, 2.24) is 9.38 Å². The number of fused-ring (bicyclic) bond motifs is 1. The van der Waals surface area contributed by atoms with E-state index in [1.807, 2.05) is 0 Å². The zero-order valence-corrected chi connectivity index (χ0v) is 10.3. The fourth-order valence-corrected chi connectivity index (χ4v) is 2.50. The summed E-state index contributed by atoms with van der Waals surface area (Å²) in [5.74, 6) is 0.305. The molecule has 1 unspecified atom stereocenters. The Hall–Kier alpha value is -2.15. The number of aromatic nitrogens is 2. The molecule has 0 aliphatic carbocycles. The Morgan fingerprint density at radius 3 is 3.05 bits per heavy atom. The molecule has 1 fully saturated rings. The molecule has 3 heterocycles. The quantitative estimate of drug-likeness (QED) is 0.649. The van der Waals surface area contributed by atoms with Gasteiger partial charge in [-0.1, -0.05) is 6.07 Å². The van der Waals surface area contributed by atoms with Gasteiger partial charge in [0.15, 0.2) is 0 Å². The summed E-state index contributed by atoms with van der Waals surface area (Å²) in [6.45, 7) is 1.08. The van der Waals surface area contributed by atoms with Gasteiger partial charge in [0.2, 0.25) is 11.5 Å². The highest BCUT2D eigenvalue weighted by atomic mass is 16.6. The summed E-state index contributed by atoms with van der Waals surface area (Å²) in [5, 5.41) is 21.0. The van der Waals surface area contributed by atoms with Crippen LogP contribution in [0.5, 0.6) is 0 Å². The van der Waals surface area contributed by atoms with Crippen molar-refractivity contribution in [3.63, 3.8) is 0 Å². The van der Waals surface area contributed by atoms with Crippen LogP contribution in [-0.2, 0) is 0 Å². The number of hydrogen-bond donors (Lipinski definition) is 1. The summed E-state index contributed by atoms with van der Waals surface area (Å²) in [4.78, 5) is 17.0. The van der Waals surface area contributed by atoms with Gasteiger partial charge in [-0.15, -0.1) is 0 Å². The monoisotopic (exact) mass is 262 g/mol. The number of nitro groups is 1. The lowest BCUT2D eigenvalue weighted by molar-refractivity contribution is -0.389. The third kappa shape index (κ3) is 2.01. The van der Waals surface area contributed by atoms with Crippen LogP contribution in [0.1, 0.15) is 12.8 Å². The van der Waals surface area contributed by atoms with Gasteiger partial charge in [-0.05, 0) is 23.8 Å². The molecule has 0 saturated carbocycles. The lowest BCUT2D eigenvalue weighted by Crippen LogP contribution is -2.38. The number of pyridine rings is 1. The van der Waals surface area contributed by atoms with Crippen LogP contribution in [-0.4, -0.2) is 38.6 Å². The molecule has 1 aliphatic heterocycles. The first-order valence-electron chi connectivity index (χ1n) is 6.21. The molecular formula is C12H14N4O3. The third-order valence-corrected chi connectivity index (χ3v) is 3.36. The first-order valence-corrected chi connectivity index (χ1v) is 6.21. The Labute approximate surface area is 109 Å². The number of β-amino-alcohol motifs (C(OH)–C–C–N with tert-alkyl or cyclic N) is 1. The van der Waals surface area contributed by atoms with Gasteiger partial charge in [0.25, 0.3) is 0 Å². The smallest absolute Gasteiger partial charge is 0.372 e. The molecule has 1 aliphatic rings. The minimum atomic E-state index is -0.446. The van der Waals surface area contributed by atoms with Crippen LogP contribution in [0.25, 0.3) is 5.65 Å². The minimum absolute atomic E-state index is 0.0373. The van der Waals surface area contributed by atoms with Gasteiger partial charge in [-0.25, -0.2) is 0 Å². The average Bonchev–Trinajstić information content (AvgIpc) is 2.78. The number of anilines is 1. The van der Waals surface area contributed by atoms with Gasteiger partial charge < -0.3 is 20.1 Å². The molecule has 1 N–H and O–H groups in total. The van der Waals surface area contributed by atoms with E-state index in [9.17, 15) is 15.2 Å². The summed E-state index contributed by atoms with van der Waals surface area (Å²) >= 11 is 0. The van der Waals surface area contributed by atoms with E-state index in [0.717, 1.165) is 12.8 Å². The largest absolute Gasteiger partial charge is 0.391 e. The molecular weight excluding hydrogens is 248 g/mol. The molecule has 100 valence electrons. The third-order valence-electron chi connectivity index (χ3n) is 3.36. The molecule has 0 aromatic carbocycles. The SMILES string of the molecule is O=[N+]([O-])c1c(N2CCCC(O)C2)nc2ccccn12. The van der Waals surface area contributed by atoms with E-state index in [1.54, 1.807) is 29.3 Å². The van der Waals surface area contributed by atoms with Crippen molar-refractivity contribution >= 4 is 17.3 Å². The van der Waals surface area contributed by atoms with Crippen LogP contribution >= 0.6 is 0 Å².